The van der Waals surface area contributed by atoms with Crippen LogP contribution in [0.15, 0.2) is 146 Å². The highest BCUT2D eigenvalue weighted by atomic mass is 14.1. The summed E-state index contributed by atoms with van der Waals surface area (Å²) in [4.78, 5) is 0. The van der Waals surface area contributed by atoms with Crippen molar-refractivity contribution in [1.29, 1.82) is 0 Å². The molecule has 0 aliphatic heterocycles. The molecular weight excluding hydrogens is 504 g/mol. The van der Waals surface area contributed by atoms with Gasteiger partial charge in [-0.15, -0.1) is 0 Å². The lowest BCUT2D eigenvalue weighted by Crippen LogP contribution is -1.84. The first-order chi connectivity index (χ1) is 20.7. The van der Waals surface area contributed by atoms with Gasteiger partial charge in [-0.2, -0.15) is 0 Å². The molecule has 0 radical (unpaired) electrons. The van der Waals surface area contributed by atoms with Crippen LogP contribution >= 0.6 is 0 Å². The van der Waals surface area contributed by atoms with Crippen LogP contribution in [0.3, 0.4) is 0 Å². The Morgan fingerprint density at radius 1 is 0.167 bits per heavy atom. The number of fused-ring (bicyclic) bond motifs is 10. The topological polar surface area (TPSA) is 0 Å². The van der Waals surface area contributed by atoms with Crippen LogP contribution in [-0.2, 0) is 0 Å². The lowest BCUT2D eigenvalue weighted by molar-refractivity contribution is 1.79. The molecule has 0 heterocycles. The molecule has 10 rings (SSSR count). The van der Waals surface area contributed by atoms with Crippen molar-refractivity contribution in [2.24, 2.45) is 0 Å². The monoisotopic (exact) mass is 528 g/mol. The number of hydrogen-bond donors (Lipinski definition) is 0. The number of hydrogen-bond acceptors (Lipinski definition) is 0. The Bertz CT molecular complexity index is 2740. The van der Waals surface area contributed by atoms with Gasteiger partial charge in [0.1, 0.15) is 0 Å². The highest BCUT2D eigenvalue weighted by molar-refractivity contribution is 6.18. The van der Waals surface area contributed by atoms with E-state index >= 15 is 0 Å². The summed E-state index contributed by atoms with van der Waals surface area (Å²) in [6.45, 7) is 0. The molecule has 0 saturated carbocycles. The summed E-state index contributed by atoms with van der Waals surface area (Å²) in [7, 11) is 0. The van der Waals surface area contributed by atoms with Crippen molar-refractivity contribution in [2.45, 2.75) is 0 Å². The Balaban J connectivity index is 1.21. The lowest BCUT2D eigenvalue weighted by atomic mass is 9.93. The van der Waals surface area contributed by atoms with Gasteiger partial charge in [-0.1, -0.05) is 60.7 Å². The van der Waals surface area contributed by atoms with Crippen LogP contribution in [0.25, 0.3) is 97.0 Å². The van der Waals surface area contributed by atoms with Crippen LogP contribution in [0.5, 0.6) is 0 Å². The van der Waals surface area contributed by atoms with E-state index in [4.69, 9.17) is 0 Å². The highest BCUT2D eigenvalue weighted by Gasteiger charge is 2.09. The van der Waals surface area contributed by atoms with Crippen LogP contribution in [0.4, 0.5) is 0 Å². The fourth-order valence-electron chi connectivity index (χ4n) is 7.20. The summed E-state index contributed by atoms with van der Waals surface area (Å²) in [5.74, 6) is 0. The third-order valence-corrected chi connectivity index (χ3v) is 9.35. The summed E-state index contributed by atoms with van der Waals surface area (Å²) < 4.78 is 0. The van der Waals surface area contributed by atoms with E-state index in [1.807, 2.05) is 0 Å². The van der Waals surface area contributed by atoms with Crippen LogP contribution < -0.4 is 0 Å². The maximum atomic E-state index is 2.40. The summed E-state index contributed by atoms with van der Waals surface area (Å²) in [5.41, 5.74) is 0. The van der Waals surface area contributed by atoms with Crippen molar-refractivity contribution < 1.29 is 0 Å². The third kappa shape index (κ3) is 3.24. The average Bonchev–Trinajstić information content (AvgIpc) is 3.01. The van der Waals surface area contributed by atoms with E-state index in [1.54, 1.807) is 0 Å². The molecule has 0 unspecified atom stereocenters. The molecule has 0 heteroatoms. The smallest absolute Gasteiger partial charge is 0.00988 e. The fraction of sp³-hybridized carbons (Fsp3) is 0. The van der Waals surface area contributed by atoms with Gasteiger partial charge in [-0.05, 0) is 182 Å². The molecule has 10 aromatic rings. The molecule has 0 aliphatic rings. The van der Waals surface area contributed by atoms with E-state index in [2.05, 4.69) is 146 Å². The molecule has 10 aromatic carbocycles. The SMILES string of the molecule is c1ccc2cc3cc4cc5cc6cc7c(ccc8cc9cc%10ccccc%10cc9cc87)cc6cc5cc4cc3cc2c1. The zero-order chi connectivity index (χ0) is 27.4. The maximum Gasteiger partial charge on any atom is -0.00988 e. The van der Waals surface area contributed by atoms with Crippen molar-refractivity contribution in [3.63, 3.8) is 0 Å². The molecule has 0 bridgehead atoms. The molecule has 192 valence electrons. The van der Waals surface area contributed by atoms with E-state index in [9.17, 15) is 0 Å². The largest absolute Gasteiger partial charge is 0.0616 e. The van der Waals surface area contributed by atoms with Crippen molar-refractivity contribution in [3.05, 3.63) is 146 Å². The second-order valence-corrected chi connectivity index (χ2v) is 11.9. The summed E-state index contributed by atoms with van der Waals surface area (Å²) >= 11 is 0. The molecule has 0 spiro atoms. The molecule has 0 aliphatic carbocycles. The van der Waals surface area contributed by atoms with Crippen LogP contribution in [0, 0.1) is 0 Å². The van der Waals surface area contributed by atoms with Crippen molar-refractivity contribution in [2.75, 3.05) is 0 Å². The first-order valence-corrected chi connectivity index (χ1v) is 14.6. The molecule has 0 saturated heterocycles. The van der Waals surface area contributed by atoms with E-state index in [-0.39, 0.29) is 0 Å². The van der Waals surface area contributed by atoms with Gasteiger partial charge in [0.25, 0.3) is 0 Å². The van der Waals surface area contributed by atoms with Gasteiger partial charge >= 0.3 is 0 Å². The van der Waals surface area contributed by atoms with Gasteiger partial charge in [-0.3, -0.25) is 0 Å². The van der Waals surface area contributed by atoms with Gasteiger partial charge in [0.05, 0.1) is 0 Å². The number of benzene rings is 10. The molecular formula is C42H24. The second-order valence-electron chi connectivity index (χ2n) is 11.9. The van der Waals surface area contributed by atoms with Crippen molar-refractivity contribution in [1.82, 2.24) is 0 Å². The van der Waals surface area contributed by atoms with E-state index in [0.29, 0.717) is 0 Å². The van der Waals surface area contributed by atoms with Gasteiger partial charge in [0.2, 0.25) is 0 Å². The minimum Gasteiger partial charge on any atom is -0.0616 e. The molecule has 0 nitrogen and oxygen atoms in total. The van der Waals surface area contributed by atoms with E-state index < -0.39 is 0 Å². The minimum absolute atomic E-state index is 1.28. The zero-order valence-corrected chi connectivity index (χ0v) is 22.9. The first kappa shape index (κ1) is 22.3. The lowest BCUT2D eigenvalue weighted by Gasteiger charge is -2.11. The van der Waals surface area contributed by atoms with Gasteiger partial charge in [-0.25, -0.2) is 0 Å². The summed E-state index contributed by atoms with van der Waals surface area (Å²) in [5, 5.41) is 23.2. The van der Waals surface area contributed by atoms with Crippen LogP contribution in [0.2, 0.25) is 0 Å². The van der Waals surface area contributed by atoms with Gasteiger partial charge in [0.15, 0.2) is 0 Å². The van der Waals surface area contributed by atoms with Crippen molar-refractivity contribution >= 4 is 97.0 Å². The minimum atomic E-state index is 1.28. The Labute approximate surface area is 242 Å². The Hall–Kier alpha value is -5.46. The predicted molar refractivity (Wildman–Crippen MR) is 184 cm³/mol. The quantitative estimate of drug-likeness (QED) is 0.136. The zero-order valence-electron chi connectivity index (χ0n) is 22.9. The molecule has 0 atom stereocenters. The fourth-order valence-corrected chi connectivity index (χ4v) is 7.20. The second kappa shape index (κ2) is 8.06. The van der Waals surface area contributed by atoms with Gasteiger partial charge < -0.3 is 0 Å². The average molecular weight is 529 g/mol. The first-order valence-electron chi connectivity index (χ1n) is 14.6. The standard InChI is InChI=1S/C42H24/c1-2-7-27-13-33-18-36-21-38-22-40-24-42-30(16-34(40)19-37(38)20-35(36)17-32(33)12-26(27)6-1)10-9-29-15-31-11-25-5-3-4-8-28(25)14-39(31)23-41(29)42/h1-24H. The molecule has 0 aromatic heterocycles. The van der Waals surface area contributed by atoms with Crippen molar-refractivity contribution in [3.8, 4) is 0 Å². The highest BCUT2D eigenvalue weighted by Crippen LogP contribution is 2.36. The predicted octanol–water partition coefficient (Wildman–Crippen LogP) is 12.1. The maximum absolute atomic E-state index is 2.40. The number of rotatable bonds is 0. The Morgan fingerprint density at radius 3 is 0.667 bits per heavy atom. The Kier molecular flexibility index (Phi) is 4.27. The molecule has 0 fully saturated rings. The van der Waals surface area contributed by atoms with E-state index in [0.717, 1.165) is 0 Å². The van der Waals surface area contributed by atoms with E-state index in [1.165, 1.54) is 97.0 Å². The molecule has 0 N–H and O–H groups in total. The third-order valence-electron chi connectivity index (χ3n) is 9.35. The van der Waals surface area contributed by atoms with Crippen LogP contribution in [-0.4, -0.2) is 0 Å². The van der Waals surface area contributed by atoms with Gasteiger partial charge in [0, 0.05) is 0 Å². The molecule has 42 heavy (non-hydrogen) atoms. The summed E-state index contributed by atoms with van der Waals surface area (Å²) in [6.07, 6.45) is 0. The normalized spacial score (nSPS) is 12.3. The van der Waals surface area contributed by atoms with Crippen LogP contribution in [0.1, 0.15) is 0 Å². The summed E-state index contributed by atoms with van der Waals surface area (Å²) in [6, 6.07) is 54.8. The molecule has 0 amide bonds. The Morgan fingerprint density at radius 2 is 0.381 bits per heavy atom.